The molecule has 0 aromatic heterocycles. The molecule has 4 heteroatoms. The molecule has 0 aromatic rings. The molecule has 3 rings (SSSR count). The van der Waals surface area contributed by atoms with Crippen LogP contribution in [0.3, 0.4) is 0 Å². The Kier molecular flexibility index (Phi) is 4.32. The largest absolute Gasteiger partial charge is 0.348 e. The van der Waals surface area contributed by atoms with Crippen molar-refractivity contribution in [1.82, 2.24) is 15.1 Å². The van der Waals surface area contributed by atoms with Crippen molar-refractivity contribution in [3.63, 3.8) is 0 Å². The van der Waals surface area contributed by atoms with Gasteiger partial charge in [-0.15, -0.1) is 0 Å². The summed E-state index contributed by atoms with van der Waals surface area (Å²) in [6.07, 6.45) is 8.21. The molecule has 1 aliphatic heterocycles. The van der Waals surface area contributed by atoms with Crippen molar-refractivity contribution >= 4 is 5.91 Å². The molecule has 3 fully saturated rings. The molecule has 2 saturated carbocycles. The van der Waals surface area contributed by atoms with E-state index in [1.165, 1.54) is 38.5 Å². The minimum Gasteiger partial charge on any atom is -0.348 e. The Labute approximate surface area is 122 Å². The molecule has 1 amide bonds. The third-order valence-corrected chi connectivity index (χ3v) is 5.13. The zero-order chi connectivity index (χ0) is 14.1. The van der Waals surface area contributed by atoms with Gasteiger partial charge in [0.25, 0.3) is 0 Å². The highest BCUT2D eigenvalue weighted by atomic mass is 16.2. The van der Waals surface area contributed by atoms with E-state index in [1.807, 2.05) is 14.1 Å². The van der Waals surface area contributed by atoms with Gasteiger partial charge in [-0.1, -0.05) is 0 Å². The minimum absolute atomic E-state index is 0.227. The topological polar surface area (TPSA) is 35.6 Å². The normalized spacial score (nSPS) is 25.1. The van der Waals surface area contributed by atoms with E-state index >= 15 is 0 Å². The molecule has 20 heavy (non-hydrogen) atoms. The summed E-state index contributed by atoms with van der Waals surface area (Å²) in [6, 6.07) is 1.50. The molecule has 4 nitrogen and oxygen atoms in total. The van der Waals surface area contributed by atoms with Crippen molar-refractivity contribution in [2.45, 2.75) is 50.6 Å². The van der Waals surface area contributed by atoms with Gasteiger partial charge in [-0.25, -0.2) is 0 Å². The van der Waals surface area contributed by atoms with Gasteiger partial charge in [-0.2, -0.15) is 0 Å². The number of likely N-dealkylation sites (N-methyl/N-ethyl adjacent to an activating group) is 1. The number of hydrogen-bond acceptors (Lipinski definition) is 3. The summed E-state index contributed by atoms with van der Waals surface area (Å²) in [7, 11) is 3.68. The maximum atomic E-state index is 11.7. The maximum Gasteiger partial charge on any atom is 0.236 e. The summed E-state index contributed by atoms with van der Waals surface area (Å²) < 4.78 is 0. The third kappa shape index (κ3) is 3.73. The second-order valence-electron chi connectivity index (χ2n) is 7.21. The maximum absolute atomic E-state index is 11.7. The van der Waals surface area contributed by atoms with Crippen LogP contribution in [0.4, 0.5) is 0 Å². The first-order chi connectivity index (χ1) is 9.63. The summed E-state index contributed by atoms with van der Waals surface area (Å²) in [5.74, 6) is 2.19. The number of amides is 1. The van der Waals surface area contributed by atoms with Crippen LogP contribution in [-0.2, 0) is 4.79 Å². The molecule has 2 aliphatic carbocycles. The predicted octanol–water partition coefficient (Wildman–Crippen LogP) is 1.32. The Morgan fingerprint density at radius 1 is 1.10 bits per heavy atom. The number of carbonyl (C=O) groups excluding carboxylic acids is 1. The smallest absolute Gasteiger partial charge is 0.236 e. The lowest BCUT2D eigenvalue weighted by Crippen LogP contribution is -2.49. The van der Waals surface area contributed by atoms with E-state index in [-0.39, 0.29) is 5.91 Å². The molecule has 114 valence electrons. The van der Waals surface area contributed by atoms with E-state index in [2.05, 4.69) is 10.2 Å². The monoisotopic (exact) mass is 279 g/mol. The Morgan fingerprint density at radius 2 is 1.65 bits per heavy atom. The van der Waals surface area contributed by atoms with Crippen LogP contribution in [0.15, 0.2) is 0 Å². The Bertz CT molecular complexity index is 330. The zero-order valence-corrected chi connectivity index (χ0v) is 13.0. The van der Waals surface area contributed by atoms with Crippen molar-refractivity contribution in [1.29, 1.82) is 0 Å². The molecule has 0 radical (unpaired) electrons. The fourth-order valence-electron chi connectivity index (χ4n) is 3.43. The van der Waals surface area contributed by atoms with Gasteiger partial charge in [0.05, 0.1) is 6.54 Å². The fourth-order valence-corrected chi connectivity index (χ4v) is 3.43. The van der Waals surface area contributed by atoms with E-state index < -0.39 is 0 Å². The quantitative estimate of drug-likeness (QED) is 0.796. The van der Waals surface area contributed by atoms with E-state index in [4.69, 9.17) is 0 Å². The molecule has 0 atom stereocenters. The number of rotatable bonds is 6. The third-order valence-electron chi connectivity index (χ3n) is 5.13. The van der Waals surface area contributed by atoms with Crippen LogP contribution in [0.5, 0.6) is 0 Å². The van der Waals surface area contributed by atoms with Gasteiger partial charge < -0.3 is 10.2 Å². The summed E-state index contributed by atoms with van der Waals surface area (Å²) in [4.78, 5) is 15.7. The molecule has 1 heterocycles. The molecule has 0 bridgehead atoms. The Hall–Kier alpha value is -0.610. The molecule has 3 aliphatic rings. The van der Waals surface area contributed by atoms with Gasteiger partial charge in [0.1, 0.15) is 0 Å². The lowest BCUT2D eigenvalue weighted by Gasteiger charge is -2.35. The molecule has 1 saturated heterocycles. The molecular weight excluding hydrogens is 250 g/mol. The Balaban J connectivity index is 1.40. The number of likely N-dealkylation sites (tertiary alicyclic amines) is 1. The molecule has 0 spiro atoms. The highest BCUT2D eigenvalue weighted by Crippen LogP contribution is 2.44. The average Bonchev–Trinajstić information content (AvgIpc) is 3.29. The minimum atomic E-state index is 0.227. The van der Waals surface area contributed by atoms with Gasteiger partial charge in [-0.05, 0) is 50.4 Å². The number of carbonyl (C=O) groups is 1. The van der Waals surface area contributed by atoms with Gasteiger partial charge >= 0.3 is 0 Å². The fraction of sp³-hybridized carbons (Fsp3) is 0.938. The summed E-state index contributed by atoms with van der Waals surface area (Å²) >= 11 is 0. The van der Waals surface area contributed by atoms with Crippen LogP contribution in [-0.4, -0.2) is 61.5 Å². The average molecular weight is 279 g/mol. The van der Waals surface area contributed by atoms with Gasteiger partial charge in [0.2, 0.25) is 5.91 Å². The van der Waals surface area contributed by atoms with Gasteiger partial charge in [0, 0.05) is 39.3 Å². The first kappa shape index (κ1) is 14.3. The van der Waals surface area contributed by atoms with Crippen molar-refractivity contribution in [2.24, 2.45) is 11.8 Å². The number of hydrogen-bond donors (Lipinski definition) is 1. The number of piperidine rings is 1. The first-order valence-electron chi connectivity index (χ1n) is 8.32. The van der Waals surface area contributed by atoms with Crippen molar-refractivity contribution in [2.75, 3.05) is 33.7 Å². The zero-order valence-electron chi connectivity index (χ0n) is 13.0. The summed E-state index contributed by atoms with van der Waals surface area (Å²) in [5.41, 5.74) is 0. The van der Waals surface area contributed by atoms with Crippen LogP contribution in [0.1, 0.15) is 38.5 Å². The van der Waals surface area contributed by atoms with Gasteiger partial charge in [0.15, 0.2) is 0 Å². The highest BCUT2D eigenvalue weighted by Gasteiger charge is 2.42. The molecule has 0 aromatic carbocycles. The SMILES string of the molecule is CN(C)C(=O)CN1CCC(NC(C2CC2)C2CC2)CC1. The van der Waals surface area contributed by atoms with Crippen LogP contribution in [0.25, 0.3) is 0 Å². The number of nitrogens with zero attached hydrogens (tertiary/aromatic N) is 2. The lowest BCUT2D eigenvalue weighted by molar-refractivity contribution is -0.130. The van der Waals surface area contributed by atoms with E-state index in [9.17, 15) is 4.79 Å². The molecule has 1 N–H and O–H groups in total. The number of nitrogens with one attached hydrogen (secondary N) is 1. The Morgan fingerprint density at radius 3 is 2.10 bits per heavy atom. The lowest BCUT2D eigenvalue weighted by atomic mass is 10.0. The van der Waals surface area contributed by atoms with Crippen LogP contribution < -0.4 is 5.32 Å². The van der Waals surface area contributed by atoms with E-state index in [0.717, 1.165) is 31.0 Å². The summed E-state index contributed by atoms with van der Waals surface area (Å²) in [6.45, 7) is 2.73. The predicted molar refractivity (Wildman–Crippen MR) is 80.5 cm³/mol. The standard InChI is InChI=1S/C16H29N3O/c1-18(2)15(20)11-19-9-7-14(8-10-19)17-16(12-3-4-12)13-5-6-13/h12-14,16-17H,3-11H2,1-2H3. The van der Waals surface area contributed by atoms with Crippen LogP contribution >= 0.6 is 0 Å². The second-order valence-corrected chi connectivity index (χ2v) is 7.21. The van der Waals surface area contributed by atoms with Gasteiger partial charge in [-0.3, -0.25) is 9.69 Å². The molecule has 0 unspecified atom stereocenters. The van der Waals surface area contributed by atoms with Crippen LogP contribution in [0, 0.1) is 11.8 Å². The molecular formula is C16H29N3O. The van der Waals surface area contributed by atoms with Crippen molar-refractivity contribution in [3.8, 4) is 0 Å². The first-order valence-corrected chi connectivity index (χ1v) is 8.32. The van der Waals surface area contributed by atoms with Crippen molar-refractivity contribution < 1.29 is 4.79 Å². The van der Waals surface area contributed by atoms with E-state index in [0.29, 0.717) is 12.6 Å². The summed E-state index contributed by atoms with van der Waals surface area (Å²) in [5, 5.41) is 3.95. The van der Waals surface area contributed by atoms with Crippen LogP contribution in [0.2, 0.25) is 0 Å². The van der Waals surface area contributed by atoms with E-state index in [1.54, 1.807) is 4.90 Å². The van der Waals surface area contributed by atoms with Crippen molar-refractivity contribution in [3.05, 3.63) is 0 Å². The second kappa shape index (κ2) is 6.02. The highest BCUT2D eigenvalue weighted by molar-refractivity contribution is 5.77.